The van der Waals surface area contributed by atoms with E-state index in [0.717, 1.165) is 44.2 Å². The maximum absolute atomic E-state index is 4.25. The van der Waals surface area contributed by atoms with Crippen molar-refractivity contribution in [3.63, 3.8) is 0 Å². The summed E-state index contributed by atoms with van der Waals surface area (Å²) in [5.74, 6) is 0.908. The molecule has 2 heterocycles. The van der Waals surface area contributed by atoms with Crippen molar-refractivity contribution in [1.82, 2.24) is 30.0 Å². The number of rotatable bonds is 4. The van der Waals surface area contributed by atoms with Crippen LogP contribution in [0.4, 0.5) is 0 Å². The smallest absolute Gasteiger partial charge is 0.173 e. The predicted molar refractivity (Wildman–Crippen MR) is 81.3 cm³/mol. The predicted octanol–water partition coefficient (Wildman–Crippen LogP) is 1.36. The molecule has 2 aromatic rings. The number of hydrogen-bond donors (Lipinski definition) is 0. The quantitative estimate of drug-likeness (QED) is 0.849. The Morgan fingerprint density at radius 3 is 2.48 bits per heavy atom. The van der Waals surface area contributed by atoms with Crippen LogP contribution < -0.4 is 0 Å². The highest BCUT2D eigenvalue weighted by Gasteiger charge is 2.25. The van der Waals surface area contributed by atoms with Crippen LogP contribution in [-0.4, -0.2) is 62.7 Å². The van der Waals surface area contributed by atoms with E-state index in [0.29, 0.717) is 0 Å². The van der Waals surface area contributed by atoms with Gasteiger partial charge in [-0.2, -0.15) is 4.68 Å². The summed E-state index contributed by atoms with van der Waals surface area (Å²) in [4.78, 5) is 4.93. The number of hydrogen-bond acceptors (Lipinski definition) is 5. The molecule has 0 aliphatic carbocycles. The second kappa shape index (κ2) is 6.32. The standard InChI is InChI=1S/C15H22N6/c1-3-19-9-11-20(12-10-19)13(2)15-16-17-18-21(15)14-7-5-4-6-8-14/h4-8,13H,3,9-12H2,1-2H3. The van der Waals surface area contributed by atoms with Gasteiger partial charge in [0.1, 0.15) is 0 Å². The topological polar surface area (TPSA) is 50.1 Å². The summed E-state index contributed by atoms with van der Waals surface area (Å²) in [6.45, 7) is 9.90. The number of aromatic nitrogens is 4. The Kier molecular flexibility index (Phi) is 4.26. The Morgan fingerprint density at radius 2 is 1.81 bits per heavy atom. The molecule has 0 radical (unpaired) electrons. The van der Waals surface area contributed by atoms with E-state index in [4.69, 9.17) is 0 Å². The molecule has 3 rings (SSSR count). The molecular formula is C15H22N6. The molecule has 0 N–H and O–H groups in total. The van der Waals surface area contributed by atoms with Crippen LogP contribution in [0.5, 0.6) is 0 Å². The van der Waals surface area contributed by atoms with Crippen LogP contribution in [0.1, 0.15) is 25.7 Å². The first-order chi connectivity index (χ1) is 10.3. The van der Waals surface area contributed by atoms with Crippen molar-refractivity contribution >= 4 is 0 Å². The zero-order valence-corrected chi connectivity index (χ0v) is 12.7. The highest BCUT2D eigenvalue weighted by molar-refractivity contribution is 5.30. The van der Waals surface area contributed by atoms with Gasteiger partial charge in [-0.05, 0) is 36.0 Å². The van der Waals surface area contributed by atoms with Crippen molar-refractivity contribution in [1.29, 1.82) is 0 Å². The summed E-state index contributed by atoms with van der Waals surface area (Å²) < 4.78 is 1.84. The molecule has 1 atom stereocenters. The molecule has 1 aromatic carbocycles. The Balaban J connectivity index is 1.77. The van der Waals surface area contributed by atoms with Gasteiger partial charge in [0.2, 0.25) is 0 Å². The van der Waals surface area contributed by atoms with Gasteiger partial charge >= 0.3 is 0 Å². The van der Waals surface area contributed by atoms with Crippen molar-refractivity contribution in [3.05, 3.63) is 36.2 Å². The van der Waals surface area contributed by atoms with Crippen molar-refractivity contribution in [2.75, 3.05) is 32.7 Å². The third kappa shape index (κ3) is 2.96. The number of nitrogens with zero attached hydrogens (tertiary/aromatic N) is 6. The Morgan fingerprint density at radius 1 is 1.10 bits per heavy atom. The van der Waals surface area contributed by atoms with E-state index in [-0.39, 0.29) is 6.04 Å². The van der Waals surface area contributed by atoms with Gasteiger partial charge in [0.15, 0.2) is 5.82 Å². The van der Waals surface area contributed by atoms with Gasteiger partial charge in [0, 0.05) is 26.2 Å². The van der Waals surface area contributed by atoms with Crippen molar-refractivity contribution < 1.29 is 0 Å². The van der Waals surface area contributed by atoms with E-state index in [1.54, 1.807) is 0 Å². The lowest BCUT2D eigenvalue weighted by molar-refractivity contribution is 0.102. The van der Waals surface area contributed by atoms with E-state index >= 15 is 0 Å². The van der Waals surface area contributed by atoms with Gasteiger partial charge in [0.25, 0.3) is 0 Å². The van der Waals surface area contributed by atoms with Crippen LogP contribution in [0.15, 0.2) is 30.3 Å². The van der Waals surface area contributed by atoms with Gasteiger partial charge < -0.3 is 4.90 Å². The maximum atomic E-state index is 4.25. The minimum atomic E-state index is 0.221. The molecule has 0 saturated carbocycles. The second-order valence-corrected chi connectivity index (χ2v) is 5.43. The third-order valence-corrected chi connectivity index (χ3v) is 4.27. The molecule has 6 heteroatoms. The average Bonchev–Trinajstić information content (AvgIpc) is 3.04. The molecule has 0 amide bonds. The minimum Gasteiger partial charge on any atom is -0.301 e. The lowest BCUT2D eigenvalue weighted by atomic mass is 10.2. The third-order valence-electron chi connectivity index (χ3n) is 4.27. The first kappa shape index (κ1) is 14.2. The molecule has 1 unspecified atom stereocenters. The Hall–Kier alpha value is -1.79. The van der Waals surface area contributed by atoms with Crippen LogP contribution >= 0.6 is 0 Å². The van der Waals surface area contributed by atoms with E-state index < -0.39 is 0 Å². The molecule has 6 nitrogen and oxygen atoms in total. The zero-order valence-electron chi connectivity index (χ0n) is 12.7. The van der Waals surface area contributed by atoms with E-state index in [2.05, 4.69) is 39.2 Å². The first-order valence-corrected chi connectivity index (χ1v) is 7.59. The summed E-state index contributed by atoms with van der Waals surface area (Å²) in [6.07, 6.45) is 0. The fourth-order valence-electron chi connectivity index (χ4n) is 2.84. The van der Waals surface area contributed by atoms with E-state index in [1.807, 2.05) is 35.0 Å². The number of tetrazole rings is 1. The van der Waals surface area contributed by atoms with Crippen LogP contribution in [0.25, 0.3) is 5.69 Å². The molecule has 0 bridgehead atoms. The summed E-state index contributed by atoms with van der Waals surface area (Å²) >= 11 is 0. The average molecular weight is 286 g/mol. The SMILES string of the molecule is CCN1CCN(C(C)c2nnnn2-c2ccccc2)CC1. The van der Waals surface area contributed by atoms with E-state index in [1.165, 1.54) is 0 Å². The van der Waals surface area contributed by atoms with Gasteiger partial charge in [-0.15, -0.1) is 5.10 Å². The summed E-state index contributed by atoms with van der Waals surface area (Å²) in [6, 6.07) is 10.3. The van der Waals surface area contributed by atoms with Crippen molar-refractivity contribution in [3.8, 4) is 5.69 Å². The largest absolute Gasteiger partial charge is 0.301 e. The molecule has 1 aliphatic heterocycles. The number of likely N-dealkylation sites (N-methyl/N-ethyl adjacent to an activating group) is 1. The molecule has 1 aromatic heterocycles. The van der Waals surface area contributed by atoms with Crippen LogP contribution in [0.3, 0.4) is 0 Å². The number of benzene rings is 1. The van der Waals surface area contributed by atoms with Crippen molar-refractivity contribution in [2.24, 2.45) is 0 Å². The van der Waals surface area contributed by atoms with E-state index in [9.17, 15) is 0 Å². The lowest BCUT2D eigenvalue weighted by Crippen LogP contribution is -2.47. The normalized spacial score (nSPS) is 18.8. The number of para-hydroxylation sites is 1. The fourth-order valence-corrected chi connectivity index (χ4v) is 2.84. The highest BCUT2D eigenvalue weighted by Crippen LogP contribution is 2.21. The molecule has 1 aliphatic rings. The number of piperazine rings is 1. The van der Waals surface area contributed by atoms with Crippen LogP contribution in [0, 0.1) is 0 Å². The fraction of sp³-hybridized carbons (Fsp3) is 0.533. The second-order valence-electron chi connectivity index (χ2n) is 5.43. The van der Waals surface area contributed by atoms with Gasteiger partial charge in [0.05, 0.1) is 11.7 Å². The summed E-state index contributed by atoms with van der Waals surface area (Å²) in [5, 5.41) is 12.3. The minimum absolute atomic E-state index is 0.221. The highest BCUT2D eigenvalue weighted by atomic mass is 15.6. The molecule has 112 valence electrons. The van der Waals surface area contributed by atoms with Crippen LogP contribution in [-0.2, 0) is 0 Å². The summed E-state index contributed by atoms with van der Waals surface area (Å²) in [7, 11) is 0. The zero-order chi connectivity index (χ0) is 14.7. The molecule has 1 saturated heterocycles. The van der Waals surface area contributed by atoms with Crippen LogP contribution in [0.2, 0.25) is 0 Å². The first-order valence-electron chi connectivity index (χ1n) is 7.59. The molecular weight excluding hydrogens is 264 g/mol. The van der Waals surface area contributed by atoms with Gasteiger partial charge in [-0.3, -0.25) is 4.90 Å². The Labute approximate surface area is 125 Å². The molecule has 1 fully saturated rings. The van der Waals surface area contributed by atoms with Gasteiger partial charge in [-0.1, -0.05) is 25.1 Å². The molecule has 21 heavy (non-hydrogen) atoms. The molecule has 0 spiro atoms. The lowest BCUT2D eigenvalue weighted by Gasteiger charge is -2.36. The van der Waals surface area contributed by atoms with Crippen molar-refractivity contribution in [2.45, 2.75) is 19.9 Å². The van der Waals surface area contributed by atoms with Gasteiger partial charge in [-0.25, -0.2) is 0 Å². The summed E-state index contributed by atoms with van der Waals surface area (Å²) in [5.41, 5.74) is 1.01. The Bertz CT molecular complexity index is 559. The maximum Gasteiger partial charge on any atom is 0.173 e. The monoisotopic (exact) mass is 286 g/mol.